The minimum atomic E-state index is -0.619. The second kappa shape index (κ2) is 9.18. The van der Waals surface area contributed by atoms with Gasteiger partial charge in [-0.15, -0.1) is 0 Å². The van der Waals surface area contributed by atoms with Crippen molar-refractivity contribution in [2.45, 2.75) is 13.8 Å². The molecule has 0 atom stereocenters. The van der Waals surface area contributed by atoms with Crippen LogP contribution in [0.1, 0.15) is 19.4 Å². The van der Waals surface area contributed by atoms with Gasteiger partial charge in [-0.25, -0.2) is 9.79 Å². The molecule has 0 aromatic heterocycles. The largest absolute Gasteiger partial charge is 0.506 e. The number of aliphatic hydroxyl groups excluding tert-OH is 1. The molecule has 0 unspecified atom stereocenters. The lowest BCUT2D eigenvalue weighted by Gasteiger charge is -2.05. The van der Waals surface area contributed by atoms with Gasteiger partial charge in [0.2, 0.25) is 6.79 Å². The van der Waals surface area contributed by atoms with Crippen molar-refractivity contribution in [1.29, 1.82) is 0 Å². The summed E-state index contributed by atoms with van der Waals surface area (Å²) in [6.07, 6.45) is 1.77. The van der Waals surface area contributed by atoms with E-state index in [-0.39, 0.29) is 24.7 Å². The molecule has 2 heterocycles. The van der Waals surface area contributed by atoms with Gasteiger partial charge in [0.25, 0.3) is 0 Å². The summed E-state index contributed by atoms with van der Waals surface area (Å²) in [4.78, 5) is 17.6. The van der Waals surface area contributed by atoms with Gasteiger partial charge in [-0.3, -0.25) is 0 Å². The summed E-state index contributed by atoms with van der Waals surface area (Å²) in [5.74, 6) is 1.26. The van der Waals surface area contributed by atoms with Crippen molar-refractivity contribution >= 4 is 34.5 Å². The number of carbonyl (C=O) groups excluding carboxylic acids is 1. The van der Waals surface area contributed by atoms with E-state index >= 15 is 0 Å². The van der Waals surface area contributed by atoms with Crippen LogP contribution in [-0.2, 0) is 9.53 Å². The quantitative estimate of drug-likeness (QED) is 0.633. The first-order chi connectivity index (χ1) is 15.1. The first-order valence-electron chi connectivity index (χ1n) is 9.81. The number of aliphatic hydroxyl groups is 1. The Labute approximate surface area is 184 Å². The Morgan fingerprint density at radius 2 is 1.90 bits per heavy atom. The average Bonchev–Trinajstić information content (AvgIpc) is 3.34. The standard InChI is InChI=1S/C23H21NO6S/c1-3-27-16-8-6-15(7-9-16)24-22-20(23(26)28-4-2)21(25)19(31-22)12-14-5-10-17-18(11-14)30-13-29-17/h5-12,25H,3-4,13H2,1-2H3/b19-12+,24-22?. The van der Waals surface area contributed by atoms with E-state index in [9.17, 15) is 9.90 Å². The van der Waals surface area contributed by atoms with E-state index < -0.39 is 5.97 Å². The molecule has 0 saturated heterocycles. The van der Waals surface area contributed by atoms with Crippen LogP contribution in [0.2, 0.25) is 0 Å². The van der Waals surface area contributed by atoms with Gasteiger partial charge < -0.3 is 24.1 Å². The Morgan fingerprint density at radius 3 is 2.65 bits per heavy atom. The van der Waals surface area contributed by atoms with Crippen LogP contribution in [0, 0.1) is 0 Å². The molecule has 0 fully saturated rings. The minimum absolute atomic E-state index is 0.0488. The molecule has 8 heteroatoms. The van der Waals surface area contributed by atoms with Crippen molar-refractivity contribution in [1.82, 2.24) is 0 Å². The van der Waals surface area contributed by atoms with Crippen LogP contribution >= 0.6 is 11.8 Å². The summed E-state index contributed by atoms with van der Waals surface area (Å²) >= 11 is 1.20. The smallest absolute Gasteiger partial charge is 0.344 e. The molecule has 31 heavy (non-hydrogen) atoms. The van der Waals surface area contributed by atoms with Crippen molar-refractivity contribution < 1.29 is 28.8 Å². The predicted molar refractivity (Wildman–Crippen MR) is 119 cm³/mol. The van der Waals surface area contributed by atoms with E-state index in [4.69, 9.17) is 18.9 Å². The summed E-state index contributed by atoms with van der Waals surface area (Å²) in [5.41, 5.74) is 1.47. The van der Waals surface area contributed by atoms with Gasteiger partial charge in [0, 0.05) is 0 Å². The van der Waals surface area contributed by atoms with Crippen molar-refractivity contribution in [3.05, 3.63) is 64.3 Å². The monoisotopic (exact) mass is 439 g/mol. The van der Waals surface area contributed by atoms with Gasteiger partial charge in [0.15, 0.2) is 11.5 Å². The summed E-state index contributed by atoms with van der Waals surface area (Å²) in [5, 5.41) is 11.2. The number of nitrogens with zero attached hydrogens (tertiary/aromatic N) is 1. The summed E-state index contributed by atoms with van der Waals surface area (Å²) in [6, 6.07) is 12.7. The number of thioether (sulfide) groups is 1. The van der Waals surface area contributed by atoms with Crippen LogP contribution in [0.3, 0.4) is 0 Å². The lowest BCUT2D eigenvalue weighted by atomic mass is 10.1. The van der Waals surface area contributed by atoms with Crippen LogP contribution in [-0.4, -0.2) is 36.1 Å². The molecule has 160 valence electrons. The minimum Gasteiger partial charge on any atom is -0.506 e. The van der Waals surface area contributed by atoms with Gasteiger partial charge in [0.05, 0.1) is 23.8 Å². The molecule has 2 aliphatic rings. The molecule has 0 spiro atoms. The van der Waals surface area contributed by atoms with Gasteiger partial charge in [-0.05, 0) is 61.9 Å². The van der Waals surface area contributed by atoms with E-state index in [0.29, 0.717) is 33.7 Å². The second-order valence-electron chi connectivity index (χ2n) is 6.51. The first-order valence-corrected chi connectivity index (χ1v) is 10.6. The number of carbonyl (C=O) groups is 1. The summed E-state index contributed by atoms with van der Waals surface area (Å²) < 4.78 is 21.3. The molecule has 2 aliphatic heterocycles. The summed E-state index contributed by atoms with van der Waals surface area (Å²) in [6.45, 7) is 4.57. The normalized spacial score (nSPS) is 17.5. The molecule has 2 aromatic rings. The fraction of sp³-hybridized carbons (Fsp3) is 0.217. The van der Waals surface area contributed by atoms with Crippen molar-refractivity contribution in [3.63, 3.8) is 0 Å². The van der Waals surface area contributed by atoms with E-state index in [1.54, 1.807) is 43.3 Å². The van der Waals surface area contributed by atoms with Crippen LogP contribution in [0.15, 0.2) is 63.7 Å². The zero-order chi connectivity index (χ0) is 21.8. The Kier molecular flexibility index (Phi) is 6.18. The zero-order valence-electron chi connectivity index (χ0n) is 17.1. The fourth-order valence-electron chi connectivity index (χ4n) is 3.05. The van der Waals surface area contributed by atoms with Crippen molar-refractivity contribution in [3.8, 4) is 17.2 Å². The van der Waals surface area contributed by atoms with Crippen LogP contribution < -0.4 is 14.2 Å². The van der Waals surface area contributed by atoms with E-state index in [0.717, 1.165) is 11.3 Å². The zero-order valence-corrected chi connectivity index (χ0v) is 17.9. The second-order valence-corrected chi connectivity index (χ2v) is 7.54. The third-order valence-corrected chi connectivity index (χ3v) is 5.46. The van der Waals surface area contributed by atoms with Crippen molar-refractivity contribution in [2.75, 3.05) is 20.0 Å². The van der Waals surface area contributed by atoms with Gasteiger partial charge >= 0.3 is 5.97 Å². The Morgan fingerprint density at radius 1 is 1.13 bits per heavy atom. The molecule has 0 aliphatic carbocycles. The number of aliphatic imine (C=N–C) groups is 1. The number of esters is 1. The maximum absolute atomic E-state index is 12.5. The van der Waals surface area contributed by atoms with Gasteiger partial charge in [-0.1, -0.05) is 17.8 Å². The number of hydrogen-bond donors (Lipinski definition) is 1. The van der Waals surface area contributed by atoms with Crippen molar-refractivity contribution in [2.24, 2.45) is 4.99 Å². The SMILES string of the molecule is CCOC(=O)C1=C(O)/C(=C\c2ccc3c(c2)OCO3)SC1=Nc1ccc(OCC)cc1. The van der Waals surface area contributed by atoms with Gasteiger partial charge in [0.1, 0.15) is 22.1 Å². The van der Waals surface area contributed by atoms with E-state index in [1.807, 2.05) is 19.1 Å². The molecule has 0 amide bonds. The third kappa shape index (κ3) is 4.54. The topological polar surface area (TPSA) is 86.6 Å². The Hall–Kier alpha value is -3.39. The third-order valence-electron chi connectivity index (χ3n) is 4.44. The molecule has 7 nitrogen and oxygen atoms in total. The fourth-order valence-corrected chi connectivity index (χ4v) is 4.08. The predicted octanol–water partition coefficient (Wildman–Crippen LogP) is 5.01. The molecule has 2 aromatic carbocycles. The first kappa shape index (κ1) is 20.9. The molecular formula is C23H21NO6S. The Balaban J connectivity index is 1.68. The lowest BCUT2D eigenvalue weighted by molar-refractivity contribution is -0.138. The average molecular weight is 439 g/mol. The molecule has 0 bridgehead atoms. The molecule has 0 saturated carbocycles. The molecule has 0 radical (unpaired) electrons. The van der Waals surface area contributed by atoms with Crippen LogP contribution in [0.25, 0.3) is 6.08 Å². The highest BCUT2D eigenvalue weighted by Crippen LogP contribution is 2.41. The maximum atomic E-state index is 12.5. The number of benzene rings is 2. The Bertz CT molecular complexity index is 1090. The number of ether oxygens (including phenoxy) is 4. The lowest BCUT2D eigenvalue weighted by Crippen LogP contribution is -2.12. The molecule has 1 N–H and O–H groups in total. The summed E-state index contributed by atoms with van der Waals surface area (Å²) in [7, 11) is 0. The molecular weight excluding hydrogens is 418 g/mol. The number of hydrogen-bond acceptors (Lipinski definition) is 8. The van der Waals surface area contributed by atoms with E-state index in [2.05, 4.69) is 4.99 Å². The van der Waals surface area contributed by atoms with E-state index in [1.165, 1.54) is 11.8 Å². The molecule has 4 rings (SSSR count). The highest BCUT2D eigenvalue weighted by molar-refractivity contribution is 8.18. The van der Waals surface area contributed by atoms with Gasteiger partial charge in [-0.2, -0.15) is 0 Å². The number of rotatable bonds is 6. The van der Waals surface area contributed by atoms with Crippen LogP contribution in [0.5, 0.6) is 17.2 Å². The van der Waals surface area contributed by atoms with Crippen LogP contribution in [0.4, 0.5) is 5.69 Å². The maximum Gasteiger partial charge on any atom is 0.344 e. The highest BCUT2D eigenvalue weighted by Gasteiger charge is 2.33. The number of fused-ring (bicyclic) bond motifs is 1. The highest BCUT2D eigenvalue weighted by atomic mass is 32.2.